The van der Waals surface area contributed by atoms with Gasteiger partial charge in [0.05, 0.1) is 10.00 Å². The van der Waals surface area contributed by atoms with Crippen LogP contribution in [0, 0.1) is 6.92 Å². The average Bonchev–Trinajstić information content (AvgIpc) is 2.86. The van der Waals surface area contributed by atoms with E-state index in [1.807, 2.05) is 37.3 Å². The molecule has 1 heterocycles. The van der Waals surface area contributed by atoms with Gasteiger partial charge in [-0.25, -0.2) is 4.98 Å². The van der Waals surface area contributed by atoms with Crippen molar-refractivity contribution in [2.75, 3.05) is 11.4 Å². The van der Waals surface area contributed by atoms with Crippen molar-refractivity contribution in [1.82, 2.24) is 4.98 Å². The molecular weight excluding hydrogens is 290 g/mol. The zero-order valence-corrected chi connectivity index (χ0v) is 12.7. The van der Waals surface area contributed by atoms with Gasteiger partial charge in [-0.3, -0.25) is 4.79 Å². The molecule has 0 aliphatic rings. The number of thiocarbonyl (C=S) groups is 1. The van der Waals surface area contributed by atoms with Gasteiger partial charge in [0.15, 0.2) is 0 Å². The van der Waals surface area contributed by atoms with Crippen LogP contribution in [0.1, 0.15) is 21.9 Å². The zero-order valence-electron chi connectivity index (χ0n) is 11.1. The van der Waals surface area contributed by atoms with Gasteiger partial charge < -0.3 is 10.6 Å². The van der Waals surface area contributed by atoms with Gasteiger partial charge in [-0.05, 0) is 19.1 Å². The molecule has 1 aromatic heterocycles. The number of carbonyl (C=O) groups excluding carboxylic acids is 1. The summed E-state index contributed by atoms with van der Waals surface area (Å²) in [6, 6.07) is 9.46. The molecule has 0 aliphatic heterocycles. The summed E-state index contributed by atoms with van der Waals surface area (Å²) in [7, 11) is 0. The summed E-state index contributed by atoms with van der Waals surface area (Å²) in [4.78, 5) is 18.9. The molecule has 2 N–H and O–H groups in total. The largest absolute Gasteiger partial charge is 0.393 e. The highest BCUT2D eigenvalue weighted by atomic mass is 32.1. The van der Waals surface area contributed by atoms with Gasteiger partial charge in [0, 0.05) is 24.0 Å². The van der Waals surface area contributed by atoms with E-state index in [4.69, 9.17) is 18.0 Å². The average molecular weight is 305 g/mol. The van der Waals surface area contributed by atoms with Gasteiger partial charge in [0.1, 0.15) is 5.69 Å². The molecule has 0 bridgehead atoms. The number of hydrogen-bond donors (Lipinski definition) is 1. The van der Waals surface area contributed by atoms with E-state index < -0.39 is 0 Å². The lowest BCUT2D eigenvalue weighted by atomic mass is 10.2. The number of nitrogens with two attached hydrogens (primary N) is 1. The molecule has 104 valence electrons. The molecule has 20 heavy (non-hydrogen) atoms. The number of aromatic nitrogens is 1. The van der Waals surface area contributed by atoms with Crippen LogP contribution in [-0.4, -0.2) is 22.4 Å². The molecule has 2 aromatic rings. The smallest absolute Gasteiger partial charge is 0.277 e. The van der Waals surface area contributed by atoms with Crippen molar-refractivity contribution in [1.29, 1.82) is 0 Å². The molecule has 4 nitrogen and oxygen atoms in total. The number of nitrogens with zero attached hydrogens (tertiary/aromatic N) is 2. The molecule has 0 spiro atoms. The number of aryl methyl sites for hydroxylation is 1. The number of carbonyl (C=O) groups is 1. The van der Waals surface area contributed by atoms with E-state index in [-0.39, 0.29) is 5.91 Å². The standard InChI is InChI=1S/C14H15N3OS2/c1-10-16-12(9-20-10)14(18)17(8-7-13(15)19)11-5-3-2-4-6-11/h2-6,9H,7-8H2,1H3,(H2,15,19). The van der Waals surface area contributed by atoms with Crippen LogP contribution in [0.3, 0.4) is 0 Å². The Morgan fingerprint density at radius 3 is 2.65 bits per heavy atom. The lowest BCUT2D eigenvalue weighted by molar-refractivity contribution is 0.0983. The second kappa shape index (κ2) is 6.58. The van der Waals surface area contributed by atoms with Gasteiger partial charge in [-0.1, -0.05) is 30.4 Å². The number of amides is 1. The lowest BCUT2D eigenvalue weighted by Crippen LogP contribution is -2.34. The van der Waals surface area contributed by atoms with Gasteiger partial charge in [0.25, 0.3) is 5.91 Å². The Kier molecular flexibility index (Phi) is 4.81. The number of rotatable bonds is 5. The zero-order chi connectivity index (χ0) is 14.5. The number of benzene rings is 1. The Morgan fingerprint density at radius 1 is 1.40 bits per heavy atom. The van der Waals surface area contributed by atoms with Crippen LogP contribution in [0.4, 0.5) is 5.69 Å². The minimum absolute atomic E-state index is 0.128. The van der Waals surface area contributed by atoms with Crippen LogP contribution in [0.2, 0.25) is 0 Å². The van der Waals surface area contributed by atoms with Crippen LogP contribution in [0.25, 0.3) is 0 Å². The van der Waals surface area contributed by atoms with E-state index in [1.165, 1.54) is 11.3 Å². The number of anilines is 1. The van der Waals surface area contributed by atoms with Crippen LogP contribution in [-0.2, 0) is 0 Å². The van der Waals surface area contributed by atoms with Crippen LogP contribution >= 0.6 is 23.6 Å². The second-order valence-corrected chi connectivity index (χ2v) is 5.85. The summed E-state index contributed by atoms with van der Waals surface area (Å²) in [6.07, 6.45) is 0.485. The highest BCUT2D eigenvalue weighted by molar-refractivity contribution is 7.80. The first-order valence-electron chi connectivity index (χ1n) is 6.15. The minimum atomic E-state index is -0.128. The molecule has 1 amide bonds. The number of thiazole rings is 1. The summed E-state index contributed by atoms with van der Waals surface area (Å²) >= 11 is 6.36. The molecule has 2 rings (SSSR count). The first-order chi connectivity index (χ1) is 9.58. The third-order valence-electron chi connectivity index (χ3n) is 2.73. The maximum Gasteiger partial charge on any atom is 0.277 e. The topological polar surface area (TPSA) is 59.2 Å². The quantitative estimate of drug-likeness (QED) is 0.863. The minimum Gasteiger partial charge on any atom is -0.393 e. The van der Waals surface area contributed by atoms with E-state index in [9.17, 15) is 4.79 Å². The Morgan fingerprint density at radius 2 is 2.10 bits per heavy atom. The summed E-state index contributed by atoms with van der Waals surface area (Å²) in [5.41, 5.74) is 6.82. The maximum absolute atomic E-state index is 12.6. The molecule has 0 unspecified atom stereocenters. The summed E-state index contributed by atoms with van der Waals surface area (Å²) in [6.45, 7) is 2.33. The summed E-state index contributed by atoms with van der Waals surface area (Å²) < 4.78 is 0. The highest BCUT2D eigenvalue weighted by Crippen LogP contribution is 2.18. The van der Waals surface area contributed by atoms with Gasteiger partial charge in [0.2, 0.25) is 0 Å². The van der Waals surface area contributed by atoms with Crippen molar-refractivity contribution in [3.8, 4) is 0 Å². The fraction of sp³-hybridized carbons (Fsp3) is 0.214. The lowest BCUT2D eigenvalue weighted by Gasteiger charge is -2.21. The predicted octanol–water partition coefficient (Wildman–Crippen LogP) is 2.77. The second-order valence-electron chi connectivity index (χ2n) is 4.26. The normalized spacial score (nSPS) is 10.2. The van der Waals surface area contributed by atoms with E-state index >= 15 is 0 Å². The first-order valence-corrected chi connectivity index (χ1v) is 7.44. The molecule has 0 atom stereocenters. The van der Waals surface area contributed by atoms with Crippen molar-refractivity contribution >= 4 is 40.1 Å². The third kappa shape index (κ3) is 3.61. The van der Waals surface area contributed by atoms with E-state index in [0.29, 0.717) is 23.6 Å². The highest BCUT2D eigenvalue weighted by Gasteiger charge is 2.19. The first kappa shape index (κ1) is 14.6. The van der Waals surface area contributed by atoms with Crippen molar-refractivity contribution in [2.24, 2.45) is 5.73 Å². The van der Waals surface area contributed by atoms with Crippen molar-refractivity contribution < 1.29 is 4.79 Å². The fourth-order valence-electron chi connectivity index (χ4n) is 1.78. The summed E-state index contributed by atoms with van der Waals surface area (Å²) in [5, 5.41) is 2.64. The summed E-state index contributed by atoms with van der Waals surface area (Å²) in [5.74, 6) is -0.128. The van der Waals surface area contributed by atoms with Crippen LogP contribution < -0.4 is 10.6 Å². The Balaban J connectivity index is 2.26. The SMILES string of the molecule is Cc1nc(C(=O)N(CCC(N)=S)c2ccccc2)cs1. The Labute approximate surface area is 127 Å². The molecular formula is C14H15N3OS2. The Bertz CT molecular complexity index is 610. The van der Waals surface area contributed by atoms with E-state index in [1.54, 1.807) is 10.3 Å². The number of hydrogen-bond acceptors (Lipinski definition) is 4. The maximum atomic E-state index is 12.6. The number of para-hydroxylation sites is 1. The van der Waals surface area contributed by atoms with Gasteiger partial charge >= 0.3 is 0 Å². The van der Waals surface area contributed by atoms with Crippen molar-refractivity contribution in [3.05, 3.63) is 46.4 Å². The molecule has 0 fully saturated rings. The third-order valence-corrected chi connectivity index (χ3v) is 3.71. The predicted molar refractivity (Wildman–Crippen MR) is 86.4 cm³/mol. The molecule has 6 heteroatoms. The van der Waals surface area contributed by atoms with Crippen LogP contribution in [0.5, 0.6) is 0 Å². The van der Waals surface area contributed by atoms with Gasteiger partial charge in [-0.2, -0.15) is 0 Å². The Hall–Kier alpha value is -1.79. The molecule has 0 saturated carbocycles. The van der Waals surface area contributed by atoms with E-state index in [0.717, 1.165) is 10.7 Å². The van der Waals surface area contributed by atoms with Gasteiger partial charge in [-0.15, -0.1) is 11.3 Å². The molecule has 0 aliphatic carbocycles. The fourth-order valence-corrected chi connectivity index (χ4v) is 2.46. The van der Waals surface area contributed by atoms with E-state index in [2.05, 4.69) is 4.98 Å². The molecule has 1 aromatic carbocycles. The van der Waals surface area contributed by atoms with Crippen LogP contribution in [0.15, 0.2) is 35.7 Å². The molecule has 0 saturated heterocycles. The van der Waals surface area contributed by atoms with Crippen molar-refractivity contribution in [2.45, 2.75) is 13.3 Å². The van der Waals surface area contributed by atoms with Crippen molar-refractivity contribution in [3.63, 3.8) is 0 Å². The molecule has 0 radical (unpaired) electrons. The monoisotopic (exact) mass is 305 g/mol.